The smallest absolute Gasteiger partial charge is 0.306 e. The van der Waals surface area contributed by atoms with Crippen LogP contribution < -0.4 is 5.32 Å². The second kappa shape index (κ2) is 52.3. The van der Waals surface area contributed by atoms with Gasteiger partial charge in [0.1, 0.15) is 6.10 Å². The normalized spacial score (nSPS) is 13.3. The van der Waals surface area contributed by atoms with Crippen LogP contribution in [-0.4, -0.2) is 46.9 Å². The Bertz CT molecular complexity index is 1010. The quantitative estimate of drug-likeness (QED) is 0.0321. The maximum Gasteiger partial charge on any atom is 0.306 e. The molecule has 0 saturated heterocycles. The minimum absolute atomic E-state index is 0.0807. The fourth-order valence-corrected chi connectivity index (χ4v) is 9.00. The summed E-state index contributed by atoms with van der Waals surface area (Å²) in [6, 6.07) is -0.699. The summed E-state index contributed by atoms with van der Waals surface area (Å²) in [7, 11) is 0. The largest absolute Gasteiger partial charge is 0.462 e. The van der Waals surface area contributed by atoms with E-state index in [4.69, 9.17) is 4.74 Å². The minimum Gasteiger partial charge on any atom is -0.462 e. The summed E-state index contributed by atoms with van der Waals surface area (Å²) < 4.78 is 5.96. The van der Waals surface area contributed by atoms with Gasteiger partial charge in [-0.2, -0.15) is 0 Å². The minimum atomic E-state index is -0.785. The Kier molecular flexibility index (Phi) is 51.0. The zero-order chi connectivity index (χ0) is 46.7. The third-order valence-corrected chi connectivity index (χ3v) is 13.3. The molecule has 0 aliphatic heterocycles. The zero-order valence-corrected chi connectivity index (χ0v) is 43.2. The predicted molar refractivity (Wildman–Crippen MR) is 278 cm³/mol. The van der Waals surface area contributed by atoms with Gasteiger partial charge in [0.05, 0.1) is 25.2 Å². The molecule has 0 aliphatic carbocycles. The van der Waals surface area contributed by atoms with Crippen LogP contribution in [0, 0.1) is 0 Å². The van der Waals surface area contributed by atoms with E-state index in [0.29, 0.717) is 19.3 Å². The van der Waals surface area contributed by atoms with E-state index in [2.05, 4.69) is 50.4 Å². The van der Waals surface area contributed by atoms with Crippen LogP contribution in [0.1, 0.15) is 310 Å². The Balaban J connectivity index is 4.52. The topological polar surface area (TPSA) is 95.9 Å². The van der Waals surface area contributed by atoms with Crippen LogP contribution in [-0.2, 0) is 14.3 Å². The number of unbranched alkanes of at least 4 members (excludes halogenated alkanes) is 36. The molecule has 0 rings (SSSR count). The lowest BCUT2D eigenvalue weighted by Crippen LogP contribution is -2.46. The number of nitrogens with one attached hydrogen (secondary N) is 1. The van der Waals surface area contributed by atoms with Crippen molar-refractivity contribution in [3.8, 4) is 0 Å². The van der Waals surface area contributed by atoms with E-state index in [9.17, 15) is 19.8 Å². The molecule has 0 aliphatic rings. The number of aliphatic hydroxyl groups is 2. The second-order valence-corrected chi connectivity index (χ2v) is 19.7. The lowest BCUT2D eigenvalue weighted by molar-refractivity contribution is -0.151. The first kappa shape index (κ1) is 62.3. The van der Waals surface area contributed by atoms with Crippen molar-refractivity contribution in [2.75, 3.05) is 6.61 Å². The van der Waals surface area contributed by atoms with Gasteiger partial charge in [0.25, 0.3) is 0 Å². The summed E-state index contributed by atoms with van der Waals surface area (Å²) in [4.78, 5) is 26.2. The van der Waals surface area contributed by atoms with E-state index in [0.717, 1.165) is 64.2 Å². The second-order valence-electron chi connectivity index (χ2n) is 19.7. The maximum atomic E-state index is 13.3. The number of carbonyl (C=O) groups is 2. The number of rotatable bonds is 52. The van der Waals surface area contributed by atoms with Gasteiger partial charge in [0, 0.05) is 6.42 Å². The molecule has 0 aromatic heterocycles. The van der Waals surface area contributed by atoms with Crippen molar-refractivity contribution >= 4 is 11.9 Å². The Morgan fingerprint density at radius 1 is 0.469 bits per heavy atom. The van der Waals surface area contributed by atoms with E-state index in [-0.39, 0.29) is 24.9 Å². The van der Waals surface area contributed by atoms with Crippen molar-refractivity contribution in [1.29, 1.82) is 0 Å². The molecule has 3 unspecified atom stereocenters. The molecule has 64 heavy (non-hydrogen) atoms. The van der Waals surface area contributed by atoms with Crippen LogP contribution in [0.4, 0.5) is 0 Å². The zero-order valence-electron chi connectivity index (χ0n) is 43.2. The molecule has 0 bridgehead atoms. The van der Waals surface area contributed by atoms with Crippen LogP contribution in [0.25, 0.3) is 0 Å². The molecule has 0 heterocycles. The number of ether oxygens (including phenoxy) is 1. The molecule has 3 N–H and O–H groups in total. The number of carbonyl (C=O) groups excluding carboxylic acids is 2. The van der Waals surface area contributed by atoms with Crippen molar-refractivity contribution in [2.45, 2.75) is 328 Å². The SMILES string of the molecule is CC/C=C/C/C=C/CCCCCCCCCC(=O)OC(CCCCCCCCCCCCCCCCCCC)CC(=O)NC(CO)C(O)CCCCCCCCCCCCCCCC. The van der Waals surface area contributed by atoms with Gasteiger partial charge in [0.2, 0.25) is 5.91 Å². The van der Waals surface area contributed by atoms with Crippen molar-refractivity contribution in [3.63, 3.8) is 0 Å². The molecule has 6 nitrogen and oxygen atoms in total. The van der Waals surface area contributed by atoms with Crippen molar-refractivity contribution < 1.29 is 24.5 Å². The molecule has 6 heteroatoms. The molecular formula is C58H111NO5. The third-order valence-electron chi connectivity index (χ3n) is 13.3. The van der Waals surface area contributed by atoms with E-state index >= 15 is 0 Å². The average Bonchev–Trinajstić information content (AvgIpc) is 3.29. The summed E-state index contributed by atoms with van der Waals surface area (Å²) in [5.74, 6) is -0.463. The van der Waals surface area contributed by atoms with Crippen LogP contribution in [0.2, 0.25) is 0 Å². The average molecular weight is 903 g/mol. The Morgan fingerprint density at radius 2 is 0.844 bits per heavy atom. The van der Waals surface area contributed by atoms with Crippen LogP contribution in [0.15, 0.2) is 24.3 Å². The van der Waals surface area contributed by atoms with E-state index in [1.54, 1.807) is 0 Å². The van der Waals surface area contributed by atoms with E-state index in [1.165, 1.54) is 199 Å². The highest BCUT2D eigenvalue weighted by atomic mass is 16.5. The van der Waals surface area contributed by atoms with Crippen molar-refractivity contribution in [2.24, 2.45) is 0 Å². The van der Waals surface area contributed by atoms with Crippen LogP contribution in [0.3, 0.4) is 0 Å². The monoisotopic (exact) mass is 902 g/mol. The first-order valence-electron chi connectivity index (χ1n) is 28.6. The lowest BCUT2D eigenvalue weighted by Gasteiger charge is -2.24. The molecule has 0 spiro atoms. The number of amides is 1. The molecule has 0 aromatic rings. The molecular weight excluding hydrogens is 791 g/mol. The summed E-state index contributed by atoms with van der Waals surface area (Å²) in [5.41, 5.74) is 0. The summed E-state index contributed by atoms with van der Waals surface area (Å²) in [5, 5.41) is 23.9. The highest BCUT2D eigenvalue weighted by Crippen LogP contribution is 2.19. The molecule has 1 amide bonds. The van der Waals surface area contributed by atoms with Gasteiger partial charge in [0.15, 0.2) is 0 Å². The number of allylic oxidation sites excluding steroid dienone is 4. The Morgan fingerprint density at radius 3 is 1.27 bits per heavy atom. The third kappa shape index (κ3) is 46.9. The Hall–Kier alpha value is -1.66. The molecule has 378 valence electrons. The lowest BCUT2D eigenvalue weighted by atomic mass is 10.0. The van der Waals surface area contributed by atoms with E-state index in [1.807, 2.05) is 0 Å². The molecule has 0 saturated carbocycles. The van der Waals surface area contributed by atoms with Gasteiger partial charge < -0.3 is 20.3 Å². The summed E-state index contributed by atoms with van der Waals surface area (Å²) in [6.07, 6.45) is 61.0. The van der Waals surface area contributed by atoms with Crippen LogP contribution in [0.5, 0.6) is 0 Å². The van der Waals surface area contributed by atoms with Gasteiger partial charge >= 0.3 is 5.97 Å². The number of aliphatic hydroxyl groups excluding tert-OH is 2. The predicted octanol–water partition coefficient (Wildman–Crippen LogP) is 17.5. The van der Waals surface area contributed by atoms with Gasteiger partial charge in [-0.05, 0) is 51.4 Å². The fourth-order valence-electron chi connectivity index (χ4n) is 9.00. The molecule has 0 radical (unpaired) electrons. The molecule has 0 aromatic carbocycles. The Labute approximate surface area is 399 Å². The summed E-state index contributed by atoms with van der Waals surface area (Å²) >= 11 is 0. The van der Waals surface area contributed by atoms with Gasteiger partial charge in [-0.1, -0.05) is 270 Å². The molecule has 0 fully saturated rings. The van der Waals surface area contributed by atoms with Crippen molar-refractivity contribution in [1.82, 2.24) is 5.32 Å². The number of esters is 1. The first-order valence-corrected chi connectivity index (χ1v) is 28.6. The van der Waals surface area contributed by atoms with E-state index < -0.39 is 18.2 Å². The fraction of sp³-hybridized carbons (Fsp3) is 0.897. The number of hydrogen-bond donors (Lipinski definition) is 3. The highest BCUT2D eigenvalue weighted by Gasteiger charge is 2.24. The van der Waals surface area contributed by atoms with Crippen molar-refractivity contribution in [3.05, 3.63) is 24.3 Å². The molecule has 3 atom stereocenters. The number of hydrogen-bond acceptors (Lipinski definition) is 5. The summed E-state index contributed by atoms with van der Waals surface area (Å²) in [6.45, 7) is 6.42. The maximum absolute atomic E-state index is 13.3. The standard InChI is InChI=1S/C58H111NO5/c1-4-7-10-13-16-19-22-25-28-29-30-31-34-37-40-43-46-49-54(64-58(63)51-48-45-42-39-36-33-27-24-21-18-15-12-9-6-3)52-57(62)59-55(53-60)56(61)50-47-44-41-38-35-32-26-23-20-17-14-11-8-5-2/h9,12,18,21,54-56,60-61H,4-8,10-11,13-17,19-20,22-53H2,1-3H3,(H,59,62)/b12-9+,21-18+. The van der Waals surface area contributed by atoms with Crippen LogP contribution >= 0.6 is 0 Å². The van der Waals surface area contributed by atoms with Gasteiger partial charge in [-0.25, -0.2) is 0 Å². The van der Waals surface area contributed by atoms with Gasteiger partial charge in [-0.3, -0.25) is 9.59 Å². The first-order chi connectivity index (χ1) is 31.5. The highest BCUT2D eigenvalue weighted by molar-refractivity contribution is 5.77. The van der Waals surface area contributed by atoms with Gasteiger partial charge in [-0.15, -0.1) is 0 Å².